The highest BCUT2D eigenvalue weighted by Gasteiger charge is 2.22. The van der Waals surface area contributed by atoms with Crippen LogP contribution in [0.1, 0.15) is 63.7 Å². The number of rotatable bonds is 7. The maximum Gasteiger partial charge on any atom is 0.319 e. The van der Waals surface area contributed by atoms with Crippen LogP contribution in [0.2, 0.25) is 0 Å². The smallest absolute Gasteiger partial charge is 0.319 e. The van der Waals surface area contributed by atoms with Crippen molar-refractivity contribution in [3.05, 3.63) is 23.8 Å². The van der Waals surface area contributed by atoms with E-state index in [9.17, 15) is 9.59 Å². The monoisotopic (exact) mass is 374 g/mol. The molecule has 0 spiro atoms. The van der Waals surface area contributed by atoms with Crippen LogP contribution in [0.25, 0.3) is 0 Å². The first-order chi connectivity index (χ1) is 12.9. The Kier molecular flexibility index (Phi) is 7.95. The number of nitrogens with zero attached hydrogens (tertiary/aromatic N) is 1. The molecule has 0 bridgehead atoms. The number of hydrogen-bond donors (Lipinski definition) is 3. The number of benzene rings is 1. The van der Waals surface area contributed by atoms with Crippen LogP contribution < -0.4 is 20.9 Å². The second-order valence-corrected chi connectivity index (χ2v) is 7.76. The molecule has 3 N–H and O–H groups in total. The standard InChI is InChI=1S/C21H34N4O2/c1-5-6-11-22-21(27)24-17-7-8-19(25-12-9-16(4)10-13-25)18(14-17)20(26)23-15(2)3/h7-8,14-16H,5-6,9-13H2,1-4H3,(H,23,26)(H2,22,24,27). The SMILES string of the molecule is CCCCNC(=O)Nc1ccc(N2CCC(C)CC2)c(C(=O)NC(C)C)c1. The van der Waals surface area contributed by atoms with Crippen LogP contribution in [0.15, 0.2) is 18.2 Å². The molecular weight excluding hydrogens is 340 g/mol. The summed E-state index contributed by atoms with van der Waals surface area (Å²) in [6.07, 6.45) is 4.24. The fourth-order valence-electron chi connectivity index (χ4n) is 3.21. The normalized spacial score (nSPS) is 14.9. The zero-order valence-electron chi connectivity index (χ0n) is 17.1. The molecule has 6 heteroatoms. The van der Waals surface area contributed by atoms with Crippen molar-refractivity contribution in [2.75, 3.05) is 29.9 Å². The van der Waals surface area contributed by atoms with E-state index in [2.05, 4.69) is 34.7 Å². The average molecular weight is 375 g/mol. The van der Waals surface area contributed by atoms with E-state index in [4.69, 9.17) is 0 Å². The zero-order valence-corrected chi connectivity index (χ0v) is 17.1. The molecule has 0 radical (unpaired) electrons. The van der Waals surface area contributed by atoms with Gasteiger partial charge in [-0.15, -0.1) is 0 Å². The minimum atomic E-state index is -0.238. The van der Waals surface area contributed by atoms with Gasteiger partial charge in [-0.2, -0.15) is 0 Å². The number of carbonyl (C=O) groups excluding carboxylic acids is 2. The molecule has 2 rings (SSSR count). The summed E-state index contributed by atoms with van der Waals surface area (Å²) in [6, 6.07) is 5.43. The van der Waals surface area contributed by atoms with Crippen LogP contribution >= 0.6 is 0 Å². The summed E-state index contributed by atoms with van der Waals surface area (Å²) in [6.45, 7) is 10.8. The highest BCUT2D eigenvalue weighted by molar-refractivity contribution is 6.02. The van der Waals surface area contributed by atoms with Gasteiger partial charge in [0.05, 0.1) is 5.56 Å². The first-order valence-corrected chi connectivity index (χ1v) is 10.2. The lowest BCUT2D eigenvalue weighted by molar-refractivity contribution is 0.0943. The molecule has 150 valence electrons. The summed E-state index contributed by atoms with van der Waals surface area (Å²) in [7, 11) is 0. The molecule has 6 nitrogen and oxygen atoms in total. The molecule has 1 aliphatic heterocycles. The predicted molar refractivity (Wildman–Crippen MR) is 112 cm³/mol. The first kappa shape index (κ1) is 21.1. The average Bonchev–Trinajstić information content (AvgIpc) is 2.62. The van der Waals surface area contributed by atoms with E-state index < -0.39 is 0 Å². The number of urea groups is 1. The summed E-state index contributed by atoms with van der Waals surface area (Å²) >= 11 is 0. The van der Waals surface area contributed by atoms with Crippen molar-refractivity contribution in [1.29, 1.82) is 0 Å². The Bertz CT molecular complexity index is 637. The van der Waals surface area contributed by atoms with Crippen LogP contribution in [0.5, 0.6) is 0 Å². The molecule has 1 aromatic carbocycles. The van der Waals surface area contributed by atoms with Gasteiger partial charge in [-0.1, -0.05) is 20.3 Å². The second-order valence-electron chi connectivity index (χ2n) is 7.76. The zero-order chi connectivity index (χ0) is 19.8. The predicted octanol–water partition coefficient (Wildman–Crippen LogP) is 3.98. The Morgan fingerprint density at radius 1 is 1.22 bits per heavy atom. The molecular formula is C21H34N4O2. The number of carbonyl (C=O) groups is 2. The van der Waals surface area contributed by atoms with Crippen molar-refractivity contribution < 1.29 is 9.59 Å². The van der Waals surface area contributed by atoms with E-state index in [1.807, 2.05) is 26.0 Å². The number of piperidine rings is 1. The summed E-state index contributed by atoms with van der Waals surface area (Å²) < 4.78 is 0. The van der Waals surface area contributed by atoms with Crippen molar-refractivity contribution in [2.24, 2.45) is 5.92 Å². The first-order valence-electron chi connectivity index (χ1n) is 10.2. The fraction of sp³-hybridized carbons (Fsp3) is 0.619. The quantitative estimate of drug-likeness (QED) is 0.632. The van der Waals surface area contributed by atoms with Gasteiger partial charge in [-0.3, -0.25) is 4.79 Å². The van der Waals surface area contributed by atoms with Crippen LogP contribution in [-0.2, 0) is 0 Å². The van der Waals surface area contributed by atoms with Gasteiger partial charge < -0.3 is 20.9 Å². The van der Waals surface area contributed by atoms with Crippen molar-refractivity contribution in [3.8, 4) is 0 Å². The van der Waals surface area contributed by atoms with E-state index in [0.717, 1.165) is 50.4 Å². The molecule has 0 atom stereocenters. The van der Waals surface area contributed by atoms with Crippen LogP contribution in [0, 0.1) is 5.92 Å². The van der Waals surface area contributed by atoms with Gasteiger partial charge >= 0.3 is 6.03 Å². The highest BCUT2D eigenvalue weighted by Crippen LogP contribution is 2.28. The van der Waals surface area contributed by atoms with Gasteiger partial charge in [0, 0.05) is 37.1 Å². The maximum absolute atomic E-state index is 12.8. The summed E-state index contributed by atoms with van der Waals surface area (Å²) in [5.74, 6) is 0.621. The van der Waals surface area contributed by atoms with E-state index >= 15 is 0 Å². The van der Waals surface area contributed by atoms with Crippen molar-refractivity contribution in [3.63, 3.8) is 0 Å². The van der Waals surface area contributed by atoms with E-state index in [1.54, 1.807) is 6.07 Å². The Morgan fingerprint density at radius 3 is 2.56 bits per heavy atom. The van der Waals surface area contributed by atoms with Gasteiger partial charge in [-0.05, 0) is 57.2 Å². The third-order valence-electron chi connectivity index (χ3n) is 4.86. The molecule has 3 amide bonds. The van der Waals surface area contributed by atoms with Crippen LogP contribution in [-0.4, -0.2) is 37.6 Å². The lowest BCUT2D eigenvalue weighted by Gasteiger charge is -2.33. The lowest BCUT2D eigenvalue weighted by Crippen LogP contribution is -2.36. The van der Waals surface area contributed by atoms with E-state index in [-0.39, 0.29) is 18.0 Å². The van der Waals surface area contributed by atoms with Crippen molar-refractivity contribution >= 4 is 23.3 Å². The number of nitrogens with one attached hydrogen (secondary N) is 3. The Balaban J connectivity index is 2.18. The fourth-order valence-corrected chi connectivity index (χ4v) is 3.21. The van der Waals surface area contributed by atoms with Gasteiger partial charge in [-0.25, -0.2) is 4.79 Å². The number of hydrogen-bond acceptors (Lipinski definition) is 3. The molecule has 1 aromatic rings. The summed E-state index contributed by atoms with van der Waals surface area (Å²) in [5, 5.41) is 8.65. The third kappa shape index (κ3) is 6.45. The number of anilines is 2. The van der Waals surface area contributed by atoms with E-state index in [1.165, 1.54) is 0 Å². The lowest BCUT2D eigenvalue weighted by atomic mass is 9.97. The van der Waals surface area contributed by atoms with Gasteiger partial charge in [0.25, 0.3) is 5.91 Å². The minimum Gasteiger partial charge on any atom is -0.371 e. The molecule has 0 saturated carbocycles. The van der Waals surface area contributed by atoms with Crippen molar-refractivity contribution in [1.82, 2.24) is 10.6 Å². The number of amides is 3. The largest absolute Gasteiger partial charge is 0.371 e. The Morgan fingerprint density at radius 2 is 1.93 bits per heavy atom. The summed E-state index contributed by atoms with van der Waals surface area (Å²) in [5.41, 5.74) is 2.19. The van der Waals surface area contributed by atoms with Gasteiger partial charge in [0.2, 0.25) is 0 Å². The molecule has 0 aliphatic carbocycles. The van der Waals surface area contributed by atoms with E-state index in [0.29, 0.717) is 17.8 Å². The maximum atomic E-state index is 12.8. The minimum absolute atomic E-state index is 0.0562. The van der Waals surface area contributed by atoms with Gasteiger partial charge in [0.15, 0.2) is 0 Å². The molecule has 27 heavy (non-hydrogen) atoms. The topological polar surface area (TPSA) is 73.5 Å². The van der Waals surface area contributed by atoms with Gasteiger partial charge in [0.1, 0.15) is 0 Å². The number of unbranched alkanes of at least 4 members (excludes halogenated alkanes) is 1. The van der Waals surface area contributed by atoms with Crippen molar-refractivity contribution in [2.45, 2.75) is 59.4 Å². The summed E-state index contributed by atoms with van der Waals surface area (Å²) in [4.78, 5) is 27.1. The second kappa shape index (κ2) is 10.2. The Labute approximate surface area is 163 Å². The van der Waals surface area contributed by atoms with Crippen LogP contribution in [0.4, 0.5) is 16.2 Å². The third-order valence-corrected chi connectivity index (χ3v) is 4.86. The highest BCUT2D eigenvalue weighted by atomic mass is 16.2. The Hall–Kier alpha value is -2.24. The molecule has 0 unspecified atom stereocenters. The molecule has 1 aliphatic rings. The molecule has 1 saturated heterocycles. The molecule has 1 heterocycles. The molecule has 0 aromatic heterocycles. The molecule has 1 fully saturated rings. The van der Waals surface area contributed by atoms with Crippen LogP contribution in [0.3, 0.4) is 0 Å².